The highest BCUT2D eigenvalue weighted by atomic mass is 16.5. The molecule has 0 aliphatic carbocycles. The fraction of sp³-hybridized carbons (Fsp3) is 0.476. The predicted molar refractivity (Wildman–Crippen MR) is 108 cm³/mol. The molecule has 0 spiro atoms. The second-order valence-corrected chi connectivity index (χ2v) is 7.24. The van der Waals surface area contributed by atoms with Gasteiger partial charge in [0.2, 0.25) is 5.95 Å². The van der Waals surface area contributed by atoms with Crippen LogP contribution in [0.2, 0.25) is 0 Å². The Balaban J connectivity index is 1.72. The van der Waals surface area contributed by atoms with E-state index in [4.69, 9.17) is 4.74 Å². The first-order valence-electron chi connectivity index (χ1n) is 9.70. The number of nitrogens with zero attached hydrogens (tertiary/aromatic N) is 3. The summed E-state index contributed by atoms with van der Waals surface area (Å²) in [5.74, 6) is 1.21. The first-order valence-corrected chi connectivity index (χ1v) is 9.70. The molecule has 1 amide bonds. The Morgan fingerprint density at radius 2 is 1.74 bits per heavy atom. The van der Waals surface area contributed by atoms with Gasteiger partial charge in [-0.25, -0.2) is 9.97 Å². The number of aryl methyl sites for hydroxylation is 1. The minimum Gasteiger partial charge on any atom is -0.491 e. The molecule has 27 heavy (non-hydrogen) atoms. The highest BCUT2D eigenvalue weighted by Gasteiger charge is 2.16. The van der Waals surface area contributed by atoms with E-state index in [9.17, 15) is 4.79 Å². The highest BCUT2D eigenvalue weighted by molar-refractivity contribution is 6.03. The van der Waals surface area contributed by atoms with Crippen molar-refractivity contribution in [1.82, 2.24) is 9.97 Å². The van der Waals surface area contributed by atoms with Crippen LogP contribution in [0.25, 0.3) is 0 Å². The lowest BCUT2D eigenvalue weighted by molar-refractivity contribution is 0.102. The molecule has 0 atom stereocenters. The molecule has 1 aliphatic heterocycles. The molecule has 144 valence electrons. The molecule has 1 aliphatic rings. The maximum absolute atomic E-state index is 12.7. The molecule has 6 heteroatoms. The average Bonchev–Trinajstić information content (AvgIpc) is 2.92. The van der Waals surface area contributed by atoms with Crippen LogP contribution < -0.4 is 15.0 Å². The Labute approximate surface area is 161 Å². The number of hydrogen-bond donors (Lipinski definition) is 1. The molecule has 6 nitrogen and oxygen atoms in total. The molecule has 2 heterocycles. The molecule has 1 aromatic heterocycles. The van der Waals surface area contributed by atoms with Crippen molar-refractivity contribution in [2.24, 2.45) is 0 Å². The first-order chi connectivity index (χ1) is 13.0. The second-order valence-electron chi connectivity index (χ2n) is 7.24. The van der Waals surface area contributed by atoms with E-state index < -0.39 is 0 Å². The largest absolute Gasteiger partial charge is 0.491 e. The second kappa shape index (κ2) is 8.84. The van der Waals surface area contributed by atoms with Gasteiger partial charge in [-0.05, 0) is 63.9 Å². The summed E-state index contributed by atoms with van der Waals surface area (Å²) in [5, 5.41) is 2.91. The van der Waals surface area contributed by atoms with E-state index in [1.807, 2.05) is 45.0 Å². The number of benzene rings is 1. The van der Waals surface area contributed by atoms with Crippen molar-refractivity contribution in [3.05, 3.63) is 41.7 Å². The third-order valence-corrected chi connectivity index (χ3v) is 4.45. The van der Waals surface area contributed by atoms with Crippen molar-refractivity contribution < 1.29 is 9.53 Å². The Hall–Kier alpha value is -2.63. The summed E-state index contributed by atoms with van der Waals surface area (Å²) >= 11 is 0. The van der Waals surface area contributed by atoms with Crippen LogP contribution in [0.3, 0.4) is 0 Å². The van der Waals surface area contributed by atoms with Crippen LogP contribution in [-0.4, -0.2) is 35.1 Å². The van der Waals surface area contributed by atoms with Gasteiger partial charge in [-0.15, -0.1) is 0 Å². The molecule has 1 saturated heterocycles. The van der Waals surface area contributed by atoms with Crippen LogP contribution in [0.15, 0.2) is 30.3 Å². The number of rotatable bonds is 5. The zero-order valence-corrected chi connectivity index (χ0v) is 16.4. The summed E-state index contributed by atoms with van der Waals surface area (Å²) in [6.07, 6.45) is 4.89. The highest BCUT2D eigenvalue weighted by Crippen LogP contribution is 2.19. The van der Waals surface area contributed by atoms with E-state index >= 15 is 0 Å². The van der Waals surface area contributed by atoms with Gasteiger partial charge in [0.25, 0.3) is 5.91 Å². The molecule has 0 bridgehead atoms. The van der Waals surface area contributed by atoms with E-state index in [0.29, 0.717) is 17.3 Å². The van der Waals surface area contributed by atoms with Crippen molar-refractivity contribution in [1.29, 1.82) is 0 Å². The van der Waals surface area contributed by atoms with Gasteiger partial charge in [-0.2, -0.15) is 0 Å². The first kappa shape index (κ1) is 19.1. The van der Waals surface area contributed by atoms with E-state index in [0.717, 1.165) is 37.4 Å². The number of ether oxygens (including phenoxy) is 1. The standard InChI is InChI=1S/C21H28N4O2/c1-15(2)27-18-10-8-17(9-11-18)23-20(26)19-14-16(3)22-21(24-19)25-12-6-4-5-7-13-25/h8-11,14-15H,4-7,12-13H2,1-3H3,(H,23,26). The van der Waals surface area contributed by atoms with Crippen LogP contribution in [-0.2, 0) is 0 Å². The van der Waals surface area contributed by atoms with E-state index in [1.165, 1.54) is 12.8 Å². The summed E-state index contributed by atoms with van der Waals surface area (Å²) < 4.78 is 5.63. The molecule has 0 unspecified atom stereocenters. The number of carbonyl (C=O) groups excluding carboxylic acids is 1. The number of amides is 1. The predicted octanol–water partition coefficient (Wildman–Crippen LogP) is 4.20. The van der Waals surface area contributed by atoms with Gasteiger partial charge in [0, 0.05) is 24.5 Å². The average molecular weight is 368 g/mol. The minimum absolute atomic E-state index is 0.117. The van der Waals surface area contributed by atoms with Crippen LogP contribution in [0.1, 0.15) is 55.7 Å². The van der Waals surface area contributed by atoms with Crippen molar-refractivity contribution in [2.75, 3.05) is 23.3 Å². The van der Waals surface area contributed by atoms with Crippen molar-refractivity contribution >= 4 is 17.5 Å². The van der Waals surface area contributed by atoms with Crippen LogP contribution in [0.5, 0.6) is 5.75 Å². The molecular formula is C21H28N4O2. The maximum atomic E-state index is 12.7. The lowest BCUT2D eigenvalue weighted by atomic mass is 10.2. The van der Waals surface area contributed by atoms with Gasteiger partial charge in [0.1, 0.15) is 11.4 Å². The Morgan fingerprint density at radius 3 is 2.37 bits per heavy atom. The quantitative estimate of drug-likeness (QED) is 0.856. The van der Waals surface area contributed by atoms with Gasteiger partial charge >= 0.3 is 0 Å². The van der Waals surface area contributed by atoms with Gasteiger partial charge in [-0.3, -0.25) is 4.79 Å². The third kappa shape index (κ3) is 5.42. The molecular weight excluding hydrogens is 340 g/mol. The number of hydrogen-bond acceptors (Lipinski definition) is 5. The smallest absolute Gasteiger partial charge is 0.274 e. The van der Waals surface area contributed by atoms with Gasteiger partial charge in [0.15, 0.2) is 0 Å². The minimum atomic E-state index is -0.228. The summed E-state index contributed by atoms with van der Waals surface area (Å²) in [6, 6.07) is 9.10. The van der Waals surface area contributed by atoms with Crippen LogP contribution in [0.4, 0.5) is 11.6 Å². The molecule has 1 fully saturated rings. The third-order valence-electron chi connectivity index (χ3n) is 4.45. The number of carbonyl (C=O) groups is 1. The summed E-state index contributed by atoms with van der Waals surface area (Å²) in [5.41, 5.74) is 1.91. The maximum Gasteiger partial charge on any atom is 0.274 e. The summed E-state index contributed by atoms with van der Waals surface area (Å²) in [7, 11) is 0. The monoisotopic (exact) mass is 368 g/mol. The summed E-state index contributed by atoms with van der Waals surface area (Å²) in [4.78, 5) is 23.9. The van der Waals surface area contributed by atoms with Gasteiger partial charge in [-0.1, -0.05) is 12.8 Å². The lowest BCUT2D eigenvalue weighted by Crippen LogP contribution is -2.27. The van der Waals surface area contributed by atoms with Crippen molar-refractivity contribution in [2.45, 2.75) is 52.6 Å². The van der Waals surface area contributed by atoms with Crippen molar-refractivity contribution in [3.63, 3.8) is 0 Å². The molecule has 0 radical (unpaired) electrons. The Kier molecular flexibility index (Phi) is 6.27. The number of aromatic nitrogens is 2. The van der Waals surface area contributed by atoms with E-state index in [2.05, 4.69) is 20.2 Å². The zero-order valence-electron chi connectivity index (χ0n) is 16.4. The number of anilines is 2. The van der Waals surface area contributed by atoms with Crippen molar-refractivity contribution in [3.8, 4) is 5.75 Å². The Morgan fingerprint density at radius 1 is 1.07 bits per heavy atom. The van der Waals surface area contributed by atoms with Crippen LogP contribution in [0, 0.1) is 6.92 Å². The van der Waals surface area contributed by atoms with E-state index in [1.54, 1.807) is 6.07 Å². The number of nitrogens with one attached hydrogen (secondary N) is 1. The molecule has 3 rings (SSSR count). The molecule has 0 saturated carbocycles. The van der Waals surface area contributed by atoms with Gasteiger partial charge in [0.05, 0.1) is 6.10 Å². The normalized spacial score (nSPS) is 14.7. The molecule has 2 aromatic rings. The zero-order chi connectivity index (χ0) is 19.2. The Bertz CT molecular complexity index is 766. The molecule has 1 aromatic carbocycles. The fourth-order valence-electron chi connectivity index (χ4n) is 3.17. The van der Waals surface area contributed by atoms with Gasteiger partial charge < -0.3 is 15.0 Å². The SMILES string of the molecule is Cc1cc(C(=O)Nc2ccc(OC(C)C)cc2)nc(N2CCCCCC2)n1. The molecule has 1 N–H and O–H groups in total. The van der Waals surface area contributed by atoms with Crippen LogP contribution >= 0.6 is 0 Å². The lowest BCUT2D eigenvalue weighted by Gasteiger charge is -2.21. The van der Waals surface area contributed by atoms with E-state index in [-0.39, 0.29) is 12.0 Å². The topological polar surface area (TPSA) is 67.3 Å². The summed E-state index contributed by atoms with van der Waals surface area (Å²) in [6.45, 7) is 7.76. The fourth-order valence-corrected chi connectivity index (χ4v) is 3.17.